The average molecular weight is 239 g/mol. The van der Waals surface area contributed by atoms with Gasteiger partial charge in [-0.05, 0) is 29.5 Å². The van der Waals surface area contributed by atoms with Crippen LogP contribution in [0.25, 0.3) is 0 Å². The first-order valence-corrected chi connectivity index (χ1v) is 5.81. The van der Waals surface area contributed by atoms with Crippen molar-refractivity contribution in [1.82, 2.24) is 0 Å². The molecule has 96 valence electrons. The molecule has 2 atom stereocenters. The number of benzene rings is 1. The minimum Gasteiger partial charge on any atom is -0.379 e. The molecule has 2 unspecified atom stereocenters. The van der Waals surface area contributed by atoms with Gasteiger partial charge in [-0.15, -0.1) is 0 Å². The summed E-state index contributed by atoms with van der Waals surface area (Å²) < 4.78 is 19.0. The van der Waals surface area contributed by atoms with E-state index in [1.54, 1.807) is 20.1 Å². The van der Waals surface area contributed by atoms with Gasteiger partial charge < -0.3 is 10.5 Å². The van der Waals surface area contributed by atoms with Crippen LogP contribution in [0.2, 0.25) is 0 Å². The highest BCUT2D eigenvalue weighted by atomic mass is 19.1. The third-order valence-corrected chi connectivity index (χ3v) is 3.01. The summed E-state index contributed by atoms with van der Waals surface area (Å²) in [6, 6.07) is 4.79. The monoisotopic (exact) mass is 239 g/mol. The van der Waals surface area contributed by atoms with E-state index >= 15 is 0 Å². The van der Waals surface area contributed by atoms with Gasteiger partial charge in [-0.25, -0.2) is 4.39 Å². The summed E-state index contributed by atoms with van der Waals surface area (Å²) in [5.41, 5.74) is 7.48. The Balaban J connectivity index is 3.02. The Bertz CT molecular complexity index is 384. The molecular formula is C14H22FNO. The normalized spacial score (nSPS) is 15.7. The molecule has 2 N–H and O–H groups in total. The standard InChI is InChI=1S/C14H22FNO/c1-9-6-7-10(8-11(9)15)12(16)13(17-5)14(2,3)4/h6-8,12-13H,16H2,1-5H3. The number of methoxy groups -OCH3 is 1. The first kappa shape index (κ1) is 14.1. The molecule has 3 heteroatoms. The van der Waals surface area contributed by atoms with Crippen LogP contribution in [0.4, 0.5) is 4.39 Å². The molecular weight excluding hydrogens is 217 g/mol. The second-order valence-corrected chi connectivity index (χ2v) is 5.56. The molecule has 0 spiro atoms. The van der Waals surface area contributed by atoms with Crippen molar-refractivity contribution in [2.24, 2.45) is 11.1 Å². The largest absolute Gasteiger partial charge is 0.379 e. The lowest BCUT2D eigenvalue weighted by atomic mass is 9.82. The molecule has 0 saturated carbocycles. The Morgan fingerprint density at radius 3 is 2.29 bits per heavy atom. The van der Waals surface area contributed by atoms with Crippen LogP contribution in [0.1, 0.15) is 37.9 Å². The number of nitrogens with two attached hydrogens (primary N) is 1. The lowest BCUT2D eigenvalue weighted by Crippen LogP contribution is -2.38. The number of aryl methyl sites for hydroxylation is 1. The first-order chi connectivity index (χ1) is 7.77. The van der Waals surface area contributed by atoms with Gasteiger partial charge in [-0.2, -0.15) is 0 Å². The van der Waals surface area contributed by atoms with Crippen molar-refractivity contribution in [3.8, 4) is 0 Å². The van der Waals surface area contributed by atoms with Gasteiger partial charge in [0, 0.05) is 7.11 Å². The van der Waals surface area contributed by atoms with Gasteiger partial charge in [0.15, 0.2) is 0 Å². The molecule has 17 heavy (non-hydrogen) atoms. The summed E-state index contributed by atoms with van der Waals surface area (Å²) in [6.07, 6.45) is -0.149. The molecule has 0 bridgehead atoms. The van der Waals surface area contributed by atoms with E-state index in [0.29, 0.717) is 5.56 Å². The summed E-state index contributed by atoms with van der Waals surface area (Å²) >= 11 is 0. The van der Waals surface area contributed by atoms with Crippen molar-refractivity contribution in [2.75, 3.05) is 7.11 Å². The summed E-state index contributed by atoms with van der Waals surface area (Å²) in [5.74, 6) is -0.221. The molecule has 0 aliphatic carbocycles. The van der Waals surface area contributed by atoms with Crippen LogP contribution in [0, 0.1) is 18.2 Å². The van der Waals surface area contributed by atoms with Crippen molar-refractivity contribution >= 4 is 0 Å². The summed E-state index contributed by atoms with van der Waals surface area (Å²) in [6.45, 7) is 7.92. The van der Waals surface area contributed by atoms with Crippen molar-refractivity contribution in [3.05, 3.63) is 35.1 Å². The summed E-state index contributed by atoms with van der Waals surface area (Å²) in [5, 5.41) is 0. The fourth-order valence-corrected chi connectivity index (χ4v) is 2.03. The highest BCUT2D eigenvalue weighted by Gasteiger charge is 2.31. The molecule has 0 fully saturated rings. The van der Waals surface area contributed by atoms with Gasteiger partial charge in [0.25, 0.3) is 0 Å². The SMILES string of the molecule is COC(C(N)c1ccc(C)c(F)c1)C(C)(C)C. The van der Waals surface area contributed by atoms with E-state index in [0.717, 1.165) is 5.56 Å². The third kappa shape index (κ3) is 3.27. The number of halogens is 1. The van der Waals surface area contributed by atoms with Crippen molar-refractivity contribution < 1.29 is 9.13 Å². The molecule has 0 radical (unpaired) electrons. The van der Waals surface area contributed by atoms with Crippen LogP contribution in [-0.4, -0.2) is 13.2 Å². The zero-order valence-electron chi connectivity index (χ0n) is 11.3. The van der Waals surface area contributed by atoms with Crippen LogP contribution in [-0.2, 0) is 4.74 Å². The van der Waals surface area contributed by atoms with Crippen molar-refractivity contribution in [2.45, 2.75) is 39.8 Å². The molecule has 2 nitrogen and oxygen atoms in total. The molecule has 0 amide bonds. The molecule has 0 aliphatic heterocycles. The fourth-order valence-electron chi connectivity index (χ4n) is 2.03. The van der Waals surface area contributed by atoms with E-state index in [-0.39, 0.29) is 23.4 Å². The van der Waals surface area contributed by atoms with E-state index in [2.05, 4.69) is 20.8 Å². The topological polar surface area (TPSA) is 35.2 Å². The van der Waals surface area contributed by atoms with E-state index in [9.17, 15) is 4.39 Å². The zero-order valence-corrected chi connectivity index (χ0v) is 11.3. The van der Waals surface area contributed by atoms with Crippen LogP contribution < -0.4 is 5.73 Å². The second kappa shape index (κ2) is 5.15. The Morgan fingerprint density at radius 1 is 1.29 bits per heavy atom. The van der Waals surface area contributed by atoms with Gasteiger partial charge in [0.2, 0.25) is 0 Å². The minimum atomic E-state index is -0.324. The van der Waals surface area contributed by atoms with Crippen molar-refractivity contribution in [3.63, 3.8) is 0 Å². The van der Waals surface area contributed by atoms with E-state index in [4.69, 9.17) is 10.5 Å². The highest BCUT2D eigenvalue weighted by molar-refractivity contribution is 5.26. The lowest BCUT2D eigenvalue weighted by molar-refractivity contribution is -0.00249. The molecule has 1 aromatic rings. The summed E-state index contributed by atoms with van der Waals surface area (Å²) in [4.78, 5) is 0. The maximum Gasteiger partial charge on any atom is 0.126 e. The predicted octanol–water partition coefficient (Wildman–Crippen LogP) is 3.20. The molecule has 0 saturated heterocycles. The van der Waals surface area contributed by atoms with Crippen molar-refractivity contribution in [1.29, 1.82) is 0 Å². The predicted molar refractivity (Wildman–Crippen MR) is 68.3 cm³/mol. The van der Waals surface area contributed by atoms with Crippen LogP contribution in [0.3, 0.4) is 0 Å². The molecule has 1 aromatic carbocycles. The Morgan fingerprint density at radius 2 is 1.88 bits per heavy atom. The maximum atomic E-state index is 13.5. The number of hydrogen-bond acceptors (Lipinski definition) is 2. The fraction of sp³-hybridized carbons (Fsp3) is 0.571. The first-order valence-electron chi connectivity index (χ1n) is 5.81. The van der Waals surface area contributed by atoms with Gasteiger partial charge in [0.1, 0.15) is 5.82 Å². The van der Waals surface area contributed by atoms with Crippen LogP contribution >= 0.6 is 0 Å². The van der Waals surface area contributed by atoms with Gasteiger partial charge in [-0.3, -0.25) is 0 Å². The zero-order chi connectivity index (χ0) is 13.2. The molecule has 0 heterocycles. The van der Waals surface area contributed by atoms with Crippen LogP contribution in [0.5, 0.6) is 0 Å². The maximum absolute atomic E-state index is 13.5. The van der Waals surface area contributed by atoms with Crippen LogP contribution in [0.15, 0.2) is 18.2 Å². The second-order valence-electron chi connectivity index (χ2n) is 5.56. The third-order valence-electron chi connectivity index (χ3n) is 3.01. The van der Waals surface area contributed by atoms with Gasteiger partial charge in [0.05, 0.1) is 12.1 Å². The number of rotatable bonds is 3. The molecule has 0 aliphatic rings. The Labute approximate surface area is 103 Å². The molecule has 0 aromatic heterocycles. The van der Waals surface area contributed by atoms with E-state index < -0.39 is 0 Å². The summed E-state index contributed by atoms with van der Waals surface area (Å²) in [7, 11) is 1.64. The van der Waals surface area contributed by atoms with E-state index in [1.807, 2.05) is 6.07 Å². The number of ether oxygens (including phenoxy) is 1. The average Bonchev–Trinajstić information content (AvgIpc) is 2.20. The van der Waals surface area contributed by atoms with Gasteiger partial charge in [-0.1, -0.05) is 32.9 Å². The Kier molecular flexibility index (Phi) is 4.28. The smallest absolute Gasteiger partial charge is 0.126 e. The van der Waals surface area contributed by atoms with Gasteiger partial charge >= 0.3 is 0 Å². The minimum absolute atomic E-state index is 0.0878. The van der Waals surface area contributed by atoms with E-state index in [1.165, 1.54) is 6.07 Å². The quantitative estimate of drug-likeness (QED) is 0.879. The lowest BCUT2D eigenvalue weighted by Gasteiger charge is -2.34. The highest BCUT2D eigenvalue weighted by Crippen LogP contribution is 2.31. The number of hydrogen-bond donors (Lipinski definition) is 1. The Hall–Kier alpha value is -0.930. The molecule has 1 rings (SSSR count).